The summed E-state index contributed by atoms with van der Waals surface area (Å²) in [5, 5.41) is 10.3. The quantitative estimate of drug-likeness (QED) is 0.814. The number of nitrogens with two attached hydrogens (primary N) is 1. The van der Waals surface area contributed by atoms with Crippen LogP contribution in [0, 0.1) is 0 Å². The van der Waals surface area contributed by atoms with Gasteiger partial charge in [-0.15, -0.1) is 0 Å². The van der Waals surface area contributed by atoms with E-state index in [2.05, 4.69) is 9.88 Å². The van der Waals surface area contributed by atoms with Crippen LogP contribution in [0.15, 0.2) is 18.3 Å². The van der Waals surface area contributed by atoms with Crippen molar-refractivity contribution >= 4 is 0 Å². The van der Waals surface area contributed by atoms with Gasteiger partial charge in [0.1, 0.15) is 6.10 Å². The predicted octanol–water partition coefficient (Wildman–Crippen LogP) is 1.08. The molecule has 0 radical (unpaired) electrons. The zero-order valence-electron chi connectivity index (χ0n) is 11.7. The van der Waals surface area contributed by atoms with Crippen molar-refractivity contribution in [3.05, 3.63) is 23.9 Å². The van der Waals surface area contributed by atoms with Crippen molar-refractivity contribution in [2.75, 3.05) is 19.6 Å². The number of rotatable bonds is 6. The lowest BCUT2D eigenvalue weighted by molar-refractivity contribution is 0.125. The summed E-state index contributed by atoms with van der Waals surface area (Å²) in [5.41, 5.74) is 6.87. The monoisotopic (exact) mass is 277 g/mol. The third kappa shape index (κ3) is 3.48. The molecule has 1 saturated heterocycles. The first-order chi connectivity index (χ1) is 9.72. The van der Waals surface area contributed by atoms with Crippen LogP contribution in [0.4, 0.5) is 0 Å². The Morgan fingerprint density at radius 2 is 2.10 bits per heavy atom. The molecule has 1 aliphatic carbocycles. The van der Waals surface area contributed by atoms with Crippen molar-refractivity contribution in [1.82, 2.24) is 9.88 Å². The molecule has 0 unspecified atom stereocenters. The van der Waals surface area contributed by atoms with Gasteiger partial charge >= 0.3 is 0 Å². The SMILES string of the molecule is N[C@H](CN1CCCC1)[C@H](O)c1ccc(OC2CC2)nc1. The molecular weight excluding hydrogens is 254 g/mol. The van der Waals surface area contributed by atoms with Crippen LogP contribution in [0.1, 0.15) is 37.4 Å². The lowest BCUT2D eigenvalue weighted by Gasteiger charge is -2.24. The van der Waals surface area contributed by atoms with E-state index in [0.717, 1.165) is 38.0 Å². The van der Waals surface area contributed by atoms with E-state index in [1.165, 1.54) is 12.8 Å². The van der Waals surface area contributed by atoms with Crippen LogP contribution in [-0.2, 0) is 0 Å². The topological polar surface area (TPSA) is 71.6 Å². The Morgan fingerprint density at radius 3 is 2.70 bits per heavy atom. The molecular formula is C15H23N3O2. The predicted molar refractivity (Wildman–Crippen MR) is 76.5 cm³/mol. The van der Waals surface area contributed by atoms with E-state index < -0.39 is 6.10 Å². The van der Waals surface area contributed by atoms with Crippen LogP contribution in [0.5, 0.6) is 5.88 Å². The summed E-state index contributed by atoms with van der Waals surface area (Å²) in [6.07, 6.45) is 6.05. The largest absolute Gasteiger partial charge is 0.474 e. The molecule has 2 fully saturated rings. The van der Waals surface area contributed by atoms with E-state index in [0.29, 0.717) is 12.0 Å². The molecule has 0 amide bonds. The van der Waals surface area contributed by atoms with E-state index >= 15 is 0 Å². The van der Waals surface area contributed by atoms with Gasteiger partial charge in [0.05, 0.1) is 6.10 Å². The van der Waals surface area contributed by atoms with Crippen LogP contribution in [0.2, 0.25) is 0 Å². The summed E-state index contributed by atoms with van der Waals surface area (Å²) < 4.78 is 5.60. The molecule has 1 aliphatic heterocycles. The zero-order valence-corrected chi connectivity index (χ0v) is 11.7. The molecule has 2 heterocycles. The van der Waals surface area contributed by atoms with Gasteiger partial charge in [-0.25, -0.2) is 4.98 Å². The highest BCUT2D eigenvalue weighted by atomic mass is 16.5. The third-order valence-corrected chi connectivity index (χ3v) is 3.99. The molecule has 0 spiro atoms. The minimum absolute atomic E-state index is 0.273. The number of aromatic nitrogens is 1. The first kappa shape index (κ1) is 13.8. The summed E-state index contributed by atoms with van der Waals surface area (Å²) in [7, 11) is 0. The first-order valence-corrected chi connectivity index (χ1v) is 7.51. The molecule has 1 aromatic heterocycles. The van der Waals surface area contributed by atoms with Crippen molar-refractivity contribution in [3.63, 3.8) is 0 Å². The number of hydrogen-bond acceptors (Lipinski definition) is 5. The van der Waals surface area contributed by atoms with Crippen LogP contribution >= 0.6 is 0 Å². The molecule has 0 bridgehead atoms. The van der Waals surface area contributed by atoms with Crippen molar-refractivity contribution in [1.29, 1.82) is 0 Å². The highest BCUT2D eigenvalue weighted by Gasteiger charge is 2.25. The van der Waals surface area contributed by atoms with Crippen molar-refractivity contribution in [3.8, 4) is 5.88 Å². The Hall–Kier alpha value is -1.17. The van der Waals surface area contributed by atoms with E-state index in [9.17, 15) is 5.11 Å². The van der Waals surface area contributed by atoms with Gasteiger partial charge in [0, 0.05) is 30.4 Å². The fourth-order valence-corrected chi connectivity index (χ4v) is 2.60. The Kier molecular flexibility index (Phi) is 4.19. The summed E-state index contributed by atoms with van der Waals surface area (Å²) in [5.74, 6) is 0.636. The number of pyridine rings is 1. The number of nitrogens with zero attached hydrogens (tertiary/aromatic N) is 2. The Morgan fingerprint density at radius 1 is 1.35 bits per heavy atom. The summed E-state index contributed by atoms with van der Waals surface area (Å²) in [6.45, 7) is 2.92. The van der Waals surface area contributed by atoms with Crippen molar-refractivity contribution in [2.45, 2.75) is 43.9 Å². The molecule has 5 heteroatoms. The highest BCUT2D eigenvalue weighted by molar-refractivity contribution is 5.21. The number of likely N-dealkylation sites (tertiary alicyclic amines) is 1. The molecule has 3 rings (SSSR count). The van der Waals surface area contributed by atoms with Gasteiger partial charge in [0.15, 0.2) is 0 Å². The second-order valence-corrected chi connectivity index (χ2v) is 5.86. The van der Waals surface area contributed by atoms with Gasteiger partial charge in [0.25, 0.3) is 0 Å². The summed E-state index contributed by atoms with van der Waals surface area (Å²) in [4.78, 5) is 6.55. The maximum absolute atomic E-state index is 10.3. The smallest absolute Gasteiger partial charge is 0.213 e. The Bertz CT molecular complexity index is 427. The summed E-state index contributed by atoms with van der Waals surface area (Å²) >= 11 is 0. The van der Waals surface area contributed by atoms with Gasteiger partial charge < -0.3 is 20.5 Å². The number of aliphatic hydroxyl groups excluding tert-OH is 1. The van der Waals surface area contributed by atoms with Gasteiger partial charge in [-0.05, 0) is 44.8 Å². The zero-order chi connectivity index (χ0) is 13.9. The Balaban J connectivity index is 1.55. The van der Waals surface area contributed by atoms with E-state index in [1.54, 1.807) is 6.20 Å². The van der Waals surface area contributed by atoms with Gasteiger partial charge in [-0.1, -0.05) is 0 Å². The molecule has 0 aromatic carbocycles. The average molecular weight is 277 g/mol. The standard InChI is InChI=1S/C15H23N3O2/c16-13(10-18-7-1-2-8-18)15(19)11-3-6-14(17-9-11)20-12-4-5-12/h3,6,9,12-13,15,19H,1-2,4-5,7-8,10,16H2/t13-,15-/m1/s1. The first-order valence-electron chi connectivity index (χ1n) is 7.51. The Labute approximate surface area is 119 Å². The normalized spacial score (nSPS) is 22.7. The average Bonchev–Trinajstić information content (AvgIpc) is 3.12. The lowest BCUT2D eigenvalue weighted by atomic mass is 10.0. The van der Waals surface area contributed by atoms with Crippen LogP contribution < -0.4 is 10.5 Å². The molecule has 20 heavy (non-hydrogen) atoms. The highest BCUT2D eigenvalue weighted by Crippen LogP contribution is 2.26. The van der Waals surface area contributed by atoms with Gasteiger partial charge in [-0.2, -0.15) is 0 Å². The fraction of sp³-hybridized carbons (Fsp3) is 0.667. The third-order valence-electron chi connectivity index (χ3n) is 3.99. The van der Waals surface area contributed by atoms with Crippen LogP contribution in [0.3, 0.4) is 0 Å². The van der Waals surface area contributed by atoms with E-state index in [1.807, 2.05) is 12.1 Å². The molecule has 5 nitrogen and oxygen atoms in total. The molecule has 110 valence electrons. The van der Waals surface area contributed by atoms with Crippen LogP contribution in [-0.4, -0.2) is 46.8 Å². The fourth-order valence-electron chi connectivity index (χ4n) is 2.60. The number of aliphatic hydroxyl groups is 1. The van der Waals surface area contributed by atoms with Crippen molar-refractivity contribution < 1.29 is 9.84 Å². The molecule has 3 N–H and O–H groups in total. The van der Waals surface area contributed by atoms with E-state index in [4.69, 9.17) is 10.5 Å². The lowest BCUT2D eigenvalue weighted by Crippen LogP contribution is -2.40. The second kappa shape index (κ2) is 6.08. The summed E-state index contributed by atoms with van der Waals surface area (Å²) in [6, 6.07) is 3.41. The maximum Gasteiger partial charge on any atom is 0.213 e. The molecule has 1 saturated carbocycles. The molecule has 2 aliphatic rings. The maximum atomic E-state index is 10.3. The van der Waals surface area contributed by atoms with Crippen LogP contribution in [0.25, 0.3) is 0 Å². The van der Waals surface area contributed by atoms with E-state index in [-0.39, 0.29) is 6.04 Å². The molecule has 2 atom stereocenters. The number of ether oxygens (including phenoxy) is 1. The van der Waals surface area contributed by atoms with Gasteiger partial charge in [0.2, 0.25) is 5.88 Å². The van der Waals surface area contributed by atoms with Crippen molar-refractivity contribution in [2.24, 2.45) is 5.73 Å². The minimum Gasteiger partial charge on any atom is -0.474 e. The minimum atomic E-state index is -0.668. The number of hydrogen-bond donors (Lipinski definition) is 2. The second-order valence-electron chi connectivity index (χ2n) is 5.86. The van der Waals surface area contributed by atoms with Gasteiger partial charge in [-0.3, -0.25) is 0 Å². The molecule has 1 aromatic rings.